The molecule has 6 nitrogen and oxygen atoms in total. The maximum absolute atomic E-state index is 5.47. The van der Waals surface area contributed by atoms with E-state index in [-0.39, 0.29) is 0 Å². The van der Waals surface area contributed by atoms with Gasteiger partial charge in [0.1, 0.15) is 5.52 Å². The SMILES string of the molecule is COc1cc2c(nnc3c2cnn3-c2ccccc2)c(C)c1OC. The average molecular weight is 320 g/mol. The van der Waals surface area contributed by atoms with Gasteiger partial charge in [-0.25, -0.2) is 4.68 Å². The lowest BCUT2D eigenvalue weighted by Gasteiger charge is -2.12. The second kappa shape index (κ2) is 5.49. The van der Waals surface area contributed by atoms with E-state index < -0.39 is 0 Å². The summed E-state index contributed by atoms with van der Waals surface area (Å²) in [5.41, 5.74) is 3.33. The molecule has 2 aromatic heterocycles. The van der Waals surface area contributed by atoms with Crippen LogP contribution in [0.5, 0.6) is 11.5 Å². The predicted octanol–water partition coefficient (Wildman–Crippen LogP) is 3.29. The van der Waals surface area contributed by atoms with Gasteiger partial charge < -0.3 is 9.47 Å². The van der Waals surface area contributed by atoms with Crippen LogP contribution in [0, 0.1) is 6.92 Å². The monoisotopic (exact) mass is 320 g/mol. The number of rotatable bonds is 3. The molecule has 0 aliphatic carbocycles. The summed E-state index contributed by atoms with van der Waals surface area (Å²) in [4.78, 5) is 0. The van der Waals surface area contributed by atoms with Crippen LogP contribution in [0.15, 0.2) is 42.6 Å². The van der Waals surface area contributed by atoms with Crippen LogP contribution >= 0.6 is 0 Å². The number of methoxy groups -OCH3 is 2. The second-order valence-corrected chi connectivity index (χ2v) is 5.46. The lowest BCUT2D eigenvalue weighted by molar-refractivity contribution is 0.354. The van der Waals surface area contributed by atoms with Gasteiger partial charge in [0.05, 0.1) is 31.5 Å². The Morgan fingerprint density at radius 1 is 0.958 bits per heavy atom. The third-order valence-corrected chi connectivity index (χ3v) is 4.15. The van der Waals surface area contributed by atoms with Crippen molar-refractivity contribution in [2.24, 2.45) is 0 Å². The largest absolute Gasteiger partial charge is 0.493 e. The molecule has 120 valence electrons. The minimum atomic E-state index is 0.671. The Morgan fingerprint density at radius 2 is 1.75 bits per heavy atom. The molecule has 0 fully saturated rings. The number of fused-ring (bicyclic) bond motifs is 3. The summed E-state index contributed by atoms with van der Waals surface area (Å²) in [7, 11) is 3.25. The van der Waals surface area contributed by atoms with Crippen LogP contribution in [0.4, 0.5) is 0 Å². The van der Waals surface area contributed by atoms with Crippen LogP contribution in [0.2, 0.25) is 0 Å². The van der Waals surface area contributed by atoms with E-state index in [1.807, 2.05) is 49.5 Å². The molecule has 4 aromatic rings. The maximum Gasteiger partial charge on any atom is 0.185 e. The highest BCUT2D eigenvalue weighted by atomic mass is 16.5. The second-order valence-electron chi connectivity index (χ2n) is 5.46. The highest BCUT2D eigenvalue weighted by molar-refractivity contribution is 6.05. The van der Waals surface area contributed by atoms with Gasteiger partial charge >= 0.3 is 0 Å². The topological polar surface area (TPSA) is 62.1 Å². The molecular formula is C18H16N4O2. The summed E-state index contributed by atoms with van der Waals surface area (Å²) in [6.07, 6.45) is 1.81. The molecule has 2 aromatic carbocycles. The summed E-state index contributed by atoms with van der Waals surface area (Å²) in [5, 5.41) is 15.1. The van der Waals surface area contributed by atoms with E-state index in [0.29, 0.717) is 17.1 Å². The van der Waals surface area contributed by atoms with Crippen molar-refractivity contribution in [3.05, 3.63) is 48.2 Å². The zero-order valence-electron chi connectivity index (χ0n) is 13.6. The molecule has 0 saturated heterocycles. The molecule has 2 heterocycles. The third-order valence-electron chi connectivity index (χ3n) is 4.15. The summed E-state index contributed by atoms with van der Waals surface area (Å²) in [6, 6.07) is 11.8. The van der Waals surface area contributed by atoms with Gasteiger partial charge in [0.15, 0.2) is 17.1 Å². The molecule has 0 amide bonds. The first-order valence-corrected chi connectivity index (χ1v) is 7.55. The van der Waals surface area contributed by atoms with E-state index in [1.54, 1.807) is 18.9 Å². The summed E-state index contributed by atoms with van der Waals surface area (Å²) >= 11 is 0. The van der Waals surface area contributed by atoms with Gasteiger partial charge in [-0.1, -0.05) is 18.2 Å². The molecule has 0 radical (unpaired) electrons. The molecule has 0 spiro atoms. The lowest BCUT2D eigenvalue weighted by Crippen LogP contribution is -2.00. The van der Waals surface area contributed by atoms with Crippen molar-refractivity contribution in [2.75, 3.05) is 14.2 Å². The molecule has 0 atom stereocenters. The number of aryl methyl sites for hydroxylation is 1. The van der Waals surface area contributed by atoms with Crippen molar-refractivity contribution in [1.29, 1.82) is 0 Å². The van der Waals surface area contributed by atoms with Crippen LogP contribution in [-0.4, -0.2) is 34.2 Å². The highest BCUT2D eigenvalue weighted by Gasteiger charge is 2.17. The third kappa shape index (κ3) is 2.00. The van der Waals surface area contributed by atoms with Gasteiger partial charge in [-0.3, -0.25) is 0 Å². The minimum absolute atomic E-state index is 0.671. The first-order valence-electron chi connectivity index (χ1n) is 7.55. The minimum Gasteiger partial charge on any atom is -0.493 e. The maximum atomic E-state index is 5.47. The van der Waals surface area contributed by atoms with E-state index >= 15 is 0 Å². The zero-order valence-corrected chi connectivity index (χ0v) is 13.6. The first-order chi connectivity index (χ1) is 11.7. The molecular weight excluding hydrogens is 304 g/mol. The Balaban J connectivity index is 2.06. The van der Waals surface area contributed by atoms with Crippen molar-refractivity contribution in [3.8, 4) is 17.2 Å². The predicted molar refractivity (Wildman–Crippen MR) is 92.0 cm³/mol. The molecule has 0 aliphatic rings. The molecule has 0 saturated carbocycles. The van der Waals surface area contributed by atoms with Crippen LogP contribution in [0.3, 0.4) is 0 Å². The fourth-order valence-electron chi connectivity index (χ4n) is 2.98. The highest BCUT2D eigenvalue weighted by Crippen LogP contribution is 2.38. The molecule has 0 aliphatic heterocycles. The van der Waals surface area contributed by atoms with Crippen molar-refractivity contribution in [3.63, 3.8) is 0 Å². The quantitative estimate of drug-likeness (QED) is 0.579. The summed E-state index contributed by atoms with van der Waals surface area (Å²) in [5.74, 6) is 1.35. The lowest BCUT2D eigenvalue weighted by atomic mass is 10.1. The van der Waals surface area contributed by atoms with E-state index in [0.717, 1.165) is 27.5 Å². The van der Waals surface area contributed by atoms with Crippen LogP contribution in [0.1, 0.15) is 5.56 Å². The normalized spacial score (nSPS) is 11.1. The Labute approximate surface area is 138 Å². The number of nitrogens with zero attached hydrogens (tertiary/aromatic N) is 4. The van der Waals surface area contributed by atoms with Gasteiger partial charge in [-0.05, 0) is 25.1 Å². The Kier molecular flexibility index (Phi) is 3.30. The first kappa shape index (κ1) is 14.4. The zero-order chi connectivity index (χ0) is 16.7. The van der Waals surface area contributed by atoms with Gasteiger partial charge in [0, 0.05) is 10.9 Å². The molecule has 4 rings (SSSR count). The van der Waals surface area contributed by atoms with Crippen molar-refractivity contribution in [1.82, 2.24) is 20.0 Å². The smallest absolute Gasteiger partial charge is 0.185 e. The number of benzene rings is 2. The van der Waals surface area contributed by atoms with Gasteiger partial charge in [-0.15, -0.1) is 10.2 Å². The Hall–Kier alpha value is -3.15. The summed E-state index contributed by atoms with van der Waals surface area (Å²) < 4.78 is 12.7. The number of aromatic nitrogens is 4. The standard InChI is InChI=1S/C18H16N4O2/c1-11-16-13(9-15(23-2)17(11)24-3)14-10-19-22(18(14)21-20-16)12-7-5-4-6-8-12/h4-10H,1-3H3. The van der Waals surface area contributed by atoms with Crippen molar-refractivity contribution >= 4 is 21.9 Å². The molecule has 0 bridgehead atoms. The molecule has 6 heteroatoms. The fraction of sp³-hybridized carbons (Fsp3) is 0.167. The number of ether oxygens (including phenoxy) is 2. The van der Waals surface area contributed by atoms with Crippen molar-refractivity contribution in [2.45, 2.75) is 6.92 Å². The molecule has 0 unspecified atom stereocenters. The van der Waals surface area contributed by atoms with Crippen molar-refractivity contribution < 1.29 is 9.47 Å². The Morgan fingerprint density at radius 3 is 2.46 bits per heavy atom. The van der Waals surface area contributed by atoms with E-state index in [9.17, 15) is 0 Å². The van der Waals surface area contributed by atoms with Gasteiger partial charge in [0.2, 0.25) is 0 Å². The Bertz CT molecular complexity index is 1040. The van der Waals surface area contributed by atoms with E-state index in [1.165, 1.54) is 0 Å². The number of hydrogen-bond acceptors (Lipinski definition) is 5. The van der Waals surface area contributed by atoms with Crippen LogP contribution in [0.25, 0.3) is 27.6 Å². The summed E-state index contributed by atoms with van der Waals surface area (Å²) in [6.45, 7) is 1.95. The molecule has 24 heavy (non-hydrogen) atoms. The fourth-order valence-corrected chi connectivity index (χ4v) is 2.98. The van der Waals surface area contributed by atoms with Crippen LogP contribution < -0.4 is 9.47 Å². The molecule has 0 N–H and O–H groups in total. The van der Waals surface area contributed by atoms with E-state index in [4.69, 9.17) is 9.47 Å². The van der Waals surface area contributed by atoms with Gasteiger partial charge in [0.25, 0.3) is 0 Å². The number of para-hydroxylation sites is 1. The van der Waals surface area contributed by atoms with E-state index in [2.05, 4.69) is 15.3 Å². The van der Waals surface area contributed by atoms with Gasteiger partial charge in [-0.2, -0.15) is 5.10 Å². The number of hydrogen-bond donors (Lipinski definition) is 0. The van der Waals surface area contributed by atoms with Crippen LogP contribution in [-0.2, 0) is 0 Å². The average Bonchev–Trinajstić information content (AvgIpc) is 3.06.